The van der Waals surface area contributed by atoms with Gasteiger partial charge in [-0.1, -0.05) is 13.8 Å². The smallest absolute Gasteiger partial charge is 0.276 e. The molecule has 3 heterocycles. The van der Waals surface area contributed by atoms with E-state index in [4.69, 9.17) is 5.14 Å². The first-order valence-corrected chi connectivity index (χ1v) is 10.5. The predicted molar refractivity (Wildman–Crippen MR) is 102 cm³/mol. The first-order valence-electron chi connectivity index (χ1n) is 8.98. The van der Waals surface area contributed by atoms with Gasteiger partial charge in [-0.2, -0.15) is 23.1 Å². The number of hydrogen-bond donors (Lipinski definition) is 1. The zero-order valence-electron chi connectivity index (χ0n) is 16.0. The Morgan fingerprint density at radius 3 is 2.56 bits per heavy atom. The lowest BCUT2D eigenvalue weighted by Crippen LogP contribution is -2.67. The van der Waals surface area contributed by atoms with Gasteiger partial charge in [-0.3, -0.25) is 0 Å². The average molecular weight is 392 g/mol. The van der Waals surface area contributed by atoms with E-state index in [0.29, 0.717) is 5.69 Å². The van der Waals surface area contributed by atoms with Crippen LogP contribution in [0.25, 0.3) is 5.52 Å². The molecule has 1 saturated carbocycles. The van der Waals surface area contributed by atoms with E-state index in [9.17, 15) is 13.7 Å². The number of aromatic nitrogens is 3. The van der Waals surface area contributed by atoms with Crippen LogP contribution in [-0.2, 0) is 10.2 Å². The van der Waals surface area contributed by atoms with Gasteiger partial charge in [0.1, 0.15) is 23.6 Å². The first-order chi connectivity index (χ1) is 12.7. The summed E-state index contributed by atoms with van der Waals surface area (Å²) < 4.78 is 25.8. The van der Waals surface area contributed by atoms with Gasteiger partial charge in [0.2, 0.25) is 0 Å². The fraction of sp³-hybridized carbons (Fsp3) is 0.588. The van der Waals surface area contributed by atoms with Gasteiger partial charge < -0.3 is 4.90 Å². The molecule has 2 fully saturated rings. The molecule has 146 valence electrons. The number of fused-ring (bicyclic) bond motifs is 1. The highest BCUT2D eigenvalue weighted by molar-refractivity contribution is 7.86. The molecule has 1 spiro atoms. The molecule has 27 heavy (non-hydrogen) atoms. The van der Waals surface area contributed by atoms with Gasteiger partial charge in [-0.15, -0.1) is 0 Å². The molecule has 2 aromatic heterocycles. The van der Waals surface area contributed by atoms with Crippen molar-refractivity contribution in [2.24, 2.45) is 10.6 Å². The second-order valence-electron chi connectivity index (χ2n) is 7.15. The number of nitriles is 1. The SMILES string of the molecule is CC.Cc1cc(C#N)n2ncnc(N3CC4(CC(N(C)S(N)(=O)=O)C4)C3)c12. The fourth-order valence-electron chi connectivity index (χ4n) is 4.09. The van der Waals surface area contributed by atoms with Gasteiger partial charge in [0, 0.05) is 31.6 Å². The highest BCUT2D eigenvalue weighted by atomic mass is 32.2. The summed E-state index contributed by atoms with van der Waals surface area (Å²) in [5.41, 5.74) is 2.44. The van der Waals surface area contributed by atoms with Gasteiger partial charge in [0.25, 0.3) is 10.2 Å². The van der Waals surface area contributed by atoms with E-state index >= 15 is 0 Å². The maximum Gasteiger partial charge on any atom is 0.276 e. The summed E-state index contributed by atoms with van der Waals surface area (Å²) in [6.07, 6.45) is 3.08. The largest absolute Gasteiger partial charge is 0.354 e. The van der Waals surface area contributed by atoms with Crippen molar-refractivity contribution in [3.63, 3.8) is 0 Å². The Morgan fingerprint density at radius 1 is 1.37 bits per heavy atom. The summed E-state index contributed by atoms with van der Waals surface area (Å²) in [5, 5.41) is 18.6. The van der Waals surface area contributed by atoms with Crippen LogP contribution in [-0.4, -0.2) is 53.5 Å². The molecule has 0 amide bonds. The summed E-state index contributed by atoms with van der Waals surface area (Å²) in [7, 11) is -2.10. The Balaban J connectivity index is 0.00000102. The Hall–Kier alpha value is -2.22. The van der Waals surface area contributed by atoms with Crippen LogP contribution in [0.15, 0.2) is 12.4 Å². The maximum atomic E-state index is 11.4. The molecular formula is C17H25N7O2S. The molecule has 4 rings (SSSR count). The van der Waals surface area contributed by atoms with Crippen molar-refractivity contribution in [3.8, 4) is 6.07 Å². The highest BCUT2D eigenvalue weighted by Crippen LogP contribution is 2.51. The third-order valence-electron chi connectivity index (χ3n) is 5.45. The quantitative estimate of drug-likeness (QED) is 0.834. The summed E-state index contributed by atoms with van der Waals surface area (Å²) in [6, 6.07) is 3.93. The molecule has 2 N–H and O–H groups in total. The van der Waals surface area contributed by atoms with E-state index < -0.39 is 10.2 Å². The Morgan fingerprint density at radius 2 is 2.00 bits per heavy atom. The molecule has 1 saturated heterocycles. The maximum absolute atomic E-state index is 11.4. The van der Waals surface area contributed by atoms with Crippen molar-refractivity contribution in [2.75, 3.05) is 25.0 Å². The van der Waals surface area contributed by atoms with Crippen molar-refractivity contribution >= 4 is 21.5 Å². The van der Waals surface area contributed by atoms with E-state index in [1.807, 2.05) is 26.8 Å². The van der Waals surface area contributed by atoms with E-state index in [1.54, 1.807) is 4.52 Å². The molecule has 0 unspecified atom stereocenters. The molecule has 1 aliphatic heterocycles. The van der Waals surface area contributed by atoms with Crippen LogP contribution in [0.5, 0.6) is 0 Å². The zero-order valence-corrected chi connectivity index (χ0v) is 16.9. The number of rotatable bonds is 3. The summed E-state index contributed by atoms with van der Waals surface area (Å²) in [4.78, 5) is 6.58. The van der Waals surface area contributed by atoms with Crippen molar-refractivity contribution in [1.29, 1.82) is 5.26 Å². The second kappa shape index (κ2) is 6.74. The lowest BCUT2D eigenvalue weighted by Gasteiger charge is -2.60. The average Bonchev–Trinajstić information content (AvgIpc) is 2.90. The lowest BCUT2D eigenvalue weighted by atomic mass is 9.60. The van der Waals surface area contributed by atoms with Crippen LogP contribution in [0, 0.1) is 23.7 Å². The Kier molecular flexibility index (Phi) is 4.88. The third kappa shape index (κ3) is 3.16. The van der Waals surface area contributed by atoms with Gasteiger partial charge in [-0.25, -0.2) is 14.6 Å². The van der Waals surface area contributed by atoms with Gasteiger partial charge in [0.05, 0.1) is 0 Å². The minimum Gasteiger partial charge on any atom is -0.354 e. The van der Waals surface area contributed by atoms with Crippen LogP contribution in [0.2, 0.25) is 0 Å². The summed E-state index contributed by atoms with van der Waals surface area (Å²) in [6.45, 7) is 7.58. The van der Waals surface area contributed by atoms with E-state index in [1.165, 1.54) is 17.7 Å². The van der Waals surface area contributed by atoms with Crippen LogP contribution in [0.3, 0.4) is 0 Å². The molecule has 10 heteroatoms. The van der Waals surface area contributed by atoms with Gasteiger partial charge >= 0.3 is 0 Å². The molecule has 2 aromatic rings. The summed E-state index contributed by atoms with van der Waals surface area (Å²) >= 11 is 0. The molecule has 0 radical (unpaired) electrons. The number of aryl methyl sites for hydroxylation is 1. The normalized spacial score (nSPS) is 18.6. The molecular weight excluding hydrogens is 366 g/mol. The second-order valence-corrected chi connectivity index (χ2v) is 8.75. The van der Waals surface area contributed by atoms with Gasteiger partial charge in [-0.05, 0) is 31.4 Å². The van der Waals surface area contributed by atoms with Crippen molar-refractivity contribution in [3.05, 3.63) is 23.7 Å². The topological polar surface area (TPSA) is 121 Å². The number of hydrogen-bond acceptors (Lipinski definition) is 6. The minimum absolute atomic E-state index is 0.0252. The first kappa shape index (κ1) is 19.5. The molecule has 0 bridgehead atoms. The van der Waals surface area contributed by atoms with Crippen molar-refractivity contribution < 1.29 is 8.42 Å². The number of nitrogens with two attached hydrogens (primary N) is 1. The van der Waals surface area contributed by atoms with Crippen molar-refractivity contribution in [1.82, 2.24) is 18.9 Å². The molecule has 9 nitrogen and oxygen atoms in total. The van der Waals surface area contributed by atoms with E-state index in [-0.39, 0.29) is 11.5 Å². The van der Waals surface area contributed by atoms with Gasteiger partial charge in [0.15, 0.2) is 5.82 Å². The molecule has 2 aliphatic rings. The van der Waals surface area contributed by atoms with Crippen LogP contribution in [0.1, 0.15) is 37.9 Å². The number of anilines is 1. The van der Waals surface area contributed by atoms with E-state index in [2.05, 4.69) is 21.1 Å². The number of nitrogens with zero attached hydrogens (tertiary/aromatic N) is 6. The minimum atomic E-state index is -3.63. The van der Waals surface area contributed by atoms with Crippen LogP contribution in [0.4, 0.5) is 5.82 Å². The standard InChI is InChI=1S/C15H19N7O2S.C2H6/c1-10-3-11(6-16)22-13(10)14(18-9-19-22)21-7-15(8-21)4-12(5-15)20(2)25(17,23)24;1-2/h3,9,12H,4-5,7-8H2,1-2H3,(H2,17,23,24);1-2H3. The summed E-state index contributed by atoms with van der Waals surface area (Å²) in [5.74, 6) is 0.822. The molecule has 0 aromatic carbocycles. The zero-order chi connectivity index (χ0) is 20.0. The van der Waals surface area contributed by atoms with Crippen LogP contribution >= 0.6 is 0 Å². The Labute approximate surface area is 159 Å². The highest BCUT2D eigenvalue weighted by Gasteiger charge is 2.55. The Bertz CT molecular complexity index is 994. The van der Waals surface area contributed by atoms with Crippen molar-refractivity contribution in [2.45, 2.75) is 39.7 Å². The fourth-order valence-corrected chi connectivity index (χ4v) is 4.66. The monoisotopic (exact) mass is 391 g/mol. The van der Waals surface area contributed by atoms with Crippen LogP contribution < -0.4 is 10.0 Å². The lowest BCUT2D eigenvalue weighted by molar-refractivity contribution is 0.0207. The third-order valence-corrected chi connectivity index (χ3v) is 6.55. The molecule has 0 atom stereocenters. The van der Waals surface area contributed by atoms with E-state index in [0.717, 1.165) is 42.8 Å². The predicted octanol–water partition coefficient (Wildman–Crippen LogP) is 1.04. The molecule has 1 aliphatic carbocycles.